The molecule has 2 rings (SSSR count). The van der Waals surface area contributed by atoms with E-state index in [1.54, 1.807) is 19.2 Å². The Bertz CT molecular complexity index is 522. The molecule has 1 fully saturated rings. The minimum Gasteiger partial charge on any atom is -0.484 e. The fourth-order valence-corrected chi connectivity index (χ4v) is 2.36. The van der Waals surface area contributed by atoms with Gasteiger partial charge in [0.2, 0.25) is 5.91 Å². The van der Waals surface area contributed by atoms with Crippen LogP contribution in [0.5, 0.6) is 5.75 Å². The number of carbonyl (C=O) groups is 2. The van der Waals surface area contributed by atoms with Gasteiger partial charge < -0.3 is 24.4 Å². The Morgan fingerprint density at radius 3 is 2.74 bits per heavy atom. The first kappa shape index (κ1) is 17.2. The molecule has 1 heterocycles. The van der Waals surface area contributed by atoms with Gasteiger partial charge >= 0.3 is 0 Å². The number of amides is 2. The van der Waals surface area contributed by atoms with E-state index in [1.165, 1.54) is 9.80 Å². The van der Waals surface area contributed by atoms with Gasteiger partial charge in [0, 0.05) is 26.7 Å². The van der Waals surface area contributed by atoms with E-state index in [2.05, 4.69) is 0 Å². The number of hydrogen-bond donors (Lipinski definition) is 1. The number of carbonyl (C=O) groups excluding carboxylic acids is 2. The zero-order chi connectivity index (χ0) is 16.7. The summed E-state index contributed by atoms with van der Waals surface area (Å²) >= 11 is 0. The summed E-state index contributed by atoms with van der Waals surface area (Å²) in [4.78, 5) is 27.3. The van der Waals surface area contributed by atoms with Crippen LogP contribution in [0, 0.1) is 0 Å². The molecule has 0 bridgehead atoms. The Kier molecular flexibility index (Phi) is 6.37. The quantitative estimate of drug-likeness (QED) is 0.781. The van der Waals surface area contributed by atoms with Crippen LogP contribution in [0.3, 0.4) is 0 Å². The van der Waals surface area contributed by atoms with Crippen LogP contribution in [0.15, 0.2) is 30.3 Å². The van der Waals surface area contributed by atoms with Crippen molar-refractivity contribution < 1.29 is 24.2 Å². The van der Waals surface area contributed by atoms with Gasteiger partial charge in [-0.15, -0.1) is 0 Å². The minimum atomic E-state index is -0.779. The summed E-state index contributed by atoms with van der Waals surface area (Å²) in [5, 5.41) is 10.0. The molecule has 2 amide bonds. The predicted octanol–water partition coefficient (Wildman–Crippen LogP) is -0.256. The number of para-hydroxylation sites is 1. The summed E-state index contributed by atoms with van der Waals surface area (Å²) in [5.74, 6) is 0.0609. The number of β-amino-alcohol motifs (C(OH)–C–C–N with tert-alkyl or cyclic N) is 1. The van der Waals surface area contributed by atoms with E-state index in [-0.39, 0.29) is 38.1 Å². The molecular weight excluding hydrogens is 300 g/mol. The van der Waals surface area contributed by atoms with Crippen molar-refractivity contribution in [1.82, 2.24) is 9.80 Å². The lowest BCUT2D eigenvalue weighted by atomic mass is 10.3. The molecule has 0 spiro atoms. The van der Waals surface area contributed by atoms with Crippen LogP contribution in [0.2, 0.25) is 0 Å². The maximum atomic E-state index is 12.2. The monoisotopic (exact) mass is 322 g/mol. The average Bonchev–Trinajstić information content (AvgIpc) is 2.70. The molecule has 1 aliphatic rings. The number of methoxy groups -OCH3 is 1. The molecule has 0 aromatic heterocycles. The van der Waals surface area contributed by atoms with Gasteiger partial charge in [0.1, 0.15) is 5.75 Å². The minimum absolute atomic E-state index is 0.0578. The second-order valence-corrected chi connectivity index (χ2v) is 5.36. The molecule has 1 aromatic carbocycles. The van der Waals surface area contributed by atoms with Crippen LogP contribution in [0.4, 0.5) is 0 Å². The van der Waals surface area contributed by atoms with Gasteiger partial charge in [-0.25, -0.2) is 0 Å². The largest absolute Gasteiger partial charge is 0.484 e. The van der Waals surface area contributed by atoms with Crippen LogP contribution in [-0.4, -0.2) is 79.3 Å². The lowest BCUT2D eigenvalue weighted by Gasteiger charge is -2.21. The molecule has 7 nitrogen and oxygen atoms in total. The first-order chi connectivity index (χ1) is 11.1. The Labute approximate surface area is 135 Å². The highest BCUT2D eigenvalue weighted by molar-refractivity contribution is 5.86. The highest BCUT2D eigenvalue weighted by Gasteiger charge is 2.29. The van der Waals surface area contributed by atoms with E-state index < -0.39 is 6.10 Å². The zero-order valence-electron chi connectivity index (χ0n) is 13.2. The molecule has 0 aliphatic carbocycles. The van der Waals surface area contributed by atoms with Crippen molar-refractivity contribution >= 4 is 11.8 Å². The molecule has 1 unspecified atom stereocenters. The van der Waals surface area contributed by atoms with Gasteiger partial charge in [0.25, 0.3) is 5.91 Å². The molecule has 1 atom stereocenters. The number of nitrogens with zero attached hydrogens (tertiary/aromatic N) is 2. The standard InChI is InChI=1S/C16H22N2O5/c1-22-8-7-17-9-13(19)10-18(11-15(17)20)16(21)12-23-14-5-3-2-4-6-14/h2-6,13,19H,7-12H2,1H3. The van der Waals surface area contributed by atoms with E-state index in [0.29, 0.717) is 18.9 Å². The molecule has 1 saturated heterocycles. The summed E-state index contributed by atoms with van der Waals surface area (Å²) in [6.07, 6.45) is -0.779. The SMILES string of the molecule is COCCN1CC(O)CN(C(=O)COc2ccccc2)CC1=O. The molecular formula is C16H22N2O5. The van der Waals surface area contributed by atoms with Crippen molar-refractivity contribution in [2.24, 2.45) is 0 Å². The van der Waals surface area contributed by atoms with Crippen molar-refractivity contribution in [1.29, 1.82) is 0 Å². The Morgan fingerprint density at radius 2 is 2.04 bits per heavy atom. The van der Waals surface area contributed by atoms with E-state index in [4.69, 9.17) is 9.47 Å². The number of ether oxygens (including phenoxy) is 2. The van der Waals surface area contributed by atoms with Crippen molar-refractivity contribution in [3.63, 3.8) is 0 Å². The molecule has 0 saturated carbocycles. The van der Waals surface area contributed by atoms with Gasteiger partial charge in [-0.1, -0.05) is 18.2 Å². The van der Waals surface area contributed by atoms with Gasteiger partial charge in [0.15, 0.2) is 6.61 Å². The summed E-state index contributed by atoms with van der Waals surface area (Å²) in [6.45, 7) is 0.885. The van der Waals surface area contributed by atoms with Crippen LogP contribution in [-0.2, 0) is 14.3 Å². The third kappa shape index (κ3) is 5.22. The van der Waals surface area contributed by atoms with Crippen molar-refractivity contribution in [2.45, 2.75) is 6.10 Å². The summed E-state index contributed by atoms with van der Waals surface area (Å²) in [7, 11) is 1.55. The fourth-order valence-electron chi connectivity index (χ4n) is 2.36. The number of hydrogen-bond acceptors (Lipinski definition) is 5. The third-order valence-corrected chi connectivity index (χ3v) is 3.56. The Hall–Kier alpha value is -2.12. The Morgan fingerprint density at radius 1 is 1.30 bits per heavy atom. The van der Waals surface area contributed by atoms with Crippen molar-refractivity contribution in [3.8, 4) is 5.75 Å². The highest BCUT2D eigenvalue weighted by Crippen LogP contribution is 2.10. The van der Waals surface area contributed by atoms with Crippen LogP contribution in [0.25, 0.3) is 0 Å². The van der Waals surface area contributed by atoms with Gasteiger partial charge in [-0.3, -0.25) is 9.59 Å². The van der Waals surface area contributed by atoms with Crippen molar-refractivity contribution in [2.75, 3.05) is 46.5 Å². The smallest absolute Gasteiger partial charge is 0.261 e. The van der Waals surface area contributed by atoms with Crippen LogP contribution >= 0.6 is 0 Å². The van der Waals surface area contributed by atoms with E-state index >= 15 is 0 Å². The summed E-state index contributed by atoms with van der Waals surface area (Å²) < 4.78 is 10.4. The summed E-state index contributed by atoms with van der Waals surface area (Å²) in [5.41, 5.74) is 0. The molecule has 1 aromatic rings. The van der Waals surface area contributed by atoms with Crippen LogP contribution < -0.4 is 4.74 Å². The maximum Gasteiger partial charge on any atom is 0.261 e. The predicted molar refractivity (Wildman–Crippen MR) is 83.0 cm³/mol. The third-order valence-electron chi connectivity index (χ3n) is 3.56. The van der Waals surface area contributed by atoms with Crippen LogP contribution in [0.1, 0.15) is 0 Å². The summed E-state index contributed by atoms with van der Waals surface area (Å²) in [6, 6.07) is 8.98. The topological polar surface area (TPSA) is 79.3 Å². The fraction of sp³-hybridized carbons (Fsp3) is 0.500. The zero-order valence-corrected chi connectivity index (χ0v) is 13.2. The second kappa shape index (κ2) is 8.50. The average molecular weight is 322 g/mol. The maximum absolute atomic E-state index is 12.2. The number of rotatable bonds is 6. The first-order valence-corrected chi connectivity index (χ1v) is 7.50. The molecule has 1 N–H and O–H groups in total. The Balaban J connectivity index is 1.91. The van der Waals surface area contributed by atoms with Gasteiger partial charge in [-0.05, 0) is 12.1 Å². The highest BCUT2D eigenvalue weighted by atomic mass is 16.5. The lowest BCUT2D eigenvalue weighted by molar-refractivity contribution is -0.140. The number of aliphatic hydroxyl groups is 1. The molecule has 1 aliphatic heterocycles. The lowest BCUT2D eigenvalue weighted by Crippen LogP contribution is -2.42. The van der Waals surface area contributed by atoms with Gasteiger partial charge in [-0.2, -0.15) is 0 Å². The van der Waals surface area contributed by atoms with E-state index in [0.717, 1.165) is 0 Å². The normalized spacial score (nSPS) is 18.7. The van der Waals surface area contributed by atoms with Gasteiger partial charge in [0.05, 0.1) is 19.3 Å². The first-order valence-electron chi connectivity index (χ1n) is 7.50. The molecule has 0 radical (unpaired) electrons. The molecule has 23 heavy (non-hydrogen) atoms. The molecule has 126 valence electrons. The number of aliphatic hydroxyl groups excluding tert-OH is 1. The number of benzene rings is 1. The van der Waals surface area contributed by atoms with E-state index in [1.807, 2.05) is 18.2 Å². The van der Waals surface area contributed by atoms with Crippen molar-refractivity contribution in [3.05, 3.63) is 30.3 Å². The molecule has 7 heteroatoms. The van der Waals surface area contributed by atoms with E-state index in [9.17, 15) is 14.7 Å². The second-order valence-electron chi connectivity index (χ2n) is 5.36.